The molecule has 4 nitrogen and oxygen atoms in total. The van der Waals surface area contributed by atoms with Crippen LogP contribution in [0.3, 0.4) is 0 Å². The average Bonchev–Trinajstić information content (AvgIpc) is 3.00. The van der Waals surface area contributed by atoms with Gasteiger partial charge in [-0.2, -0.15) is 0 Å². The minimum Gasteiger partial charge on any atom is -0.338 e. The van der Waals surface area contributed by atoms with Crippen LogP contribution in [0.1, 0.15) is 46.6 Å². The number of hydrogen-bond donors (Lipinski definition) is 1. The highest BCUT2D eigenvalue weighted by molar-refractivity contribution is 7.13. The lowest BCUT2D eigenvalue weighted by Gasteiger charge is -2.20. The van der Waals surface area contributed by atoms with Crippen molar-refractivity contribution in [1.29, 1.82) is 0 Å². The van der Waals surface area contributed by atoms with E-state index in [2.05, 4.69) is 22.1 Å². The summed E-state index contributed by atoms with van der Waals surface area (Å²) in [5, 5.41) is 4.59. The molecule has 0 radical (unpaired) electrons. The van der Waals surface area contributed by atoms with E-state index in [0.717, 1.165) is 79.3 Å². The Morgan fingerprint density at radius 1 is 1.26 bits per heavy atom. The van der Waals surface area contributed by atoms with Crippen molar-refractivity contribution in [2.24, 2.45) is 11.8 Å². The van der Waals surface area contributed by atoms with Gasteiger partial charge >= 0.3 is 0 Å². The summed E-state index contributed by atoms with van der Waals surface area (Å²) in [6.07, 6.45) is 4.35. The molecule has 23 heavy (non-hydrogen) atoms. The Bertz CT molecular complexity index is 509. The van der Waals surface area contributed by atoms with Gasteiger partial charge in [0.15, 0.2) is 0 Å². The van der Waals surface area contributed by atoms with Crippen LogP contribution in [0, 0.1) is 18.8 Å². The molecule has 0 bridgehead atoms. The third-order valence-corrected chi connectivity index (χ3v) is 6.01. The molecule has 1 aromatic rings. The zero-order chi connectivity index (χ0) is 14.8. The summed E-state index contributed by atoms with van der Waals surface area (Å²) in [7, 11) is 0. The van der Waals surface area contributed by atoms with Crippen LogP contribution in [0.25, 0.3) is 0 Å². The zero-order valence-electron chi connectivity index (χ0n) is 13.8. The Morgan fingerprint density at radius 3 is 2.43 bits per heavy atom. The van der Waals surface area contributed by atoms with E-state index in [1.165, 1.54) is 0 Å². The van der Waals surface area contributed by atoms with Gasteiger partial charge in [0.2, 0.25) is 0 Å². The summed E-state index contributed by atoms with van der Waals surface area (Å²) >= 11 is 1.60. The molecule has 7 heteroatoms. The Hall–Kier alpha value is -0.360. The molecule has 1 aromatic heterocycles. The molecule has 1 N–H and O–H groups in total. The van der Waals surface area contributed by atoms with E-state index in [4.69, 9.17) is 0 Å². The zero-order valence-corrected chi connectivity index (χ0v) is 16.3. The van der Waals surface area contributed by atoms with Gasteiger partial charge in [-0.1, -0.05) is 6.92 Å². The van der Waals surface area contributed by atoms with Crippen LogP contribution in [0.15, 0.2) is 0 Å². The summed E-state index contributed by atoms with van der Waals surface area (Å²) in [5.41, 5.74) is 0.916. The fourth-order valence-electron chi connectivity index (χ4n) is 3.54. The predicted molar refractivity (Wildman–Crippen MR) is 100 cm³/mol. The van der Waals surface area contributed by atoms with Gasteiger partial charge in [0.05, 0.1) is 10.7 Å². The van der Waals surface area contributed by atoms with Gasteiger partial charge in [0.25, 0.3) is 5.91 Å². The summed E-state index contributed by atoms with van der Waals surface area (Å²) in [4.78, 5) is 20.3. The molecular formula is C16H27Cl2N3OS. The number of aromatic nitrogens is 1. The van der Waals surface area contributed by atoms with Crippen LogP contribution in [-0.4, -0.2) is 42.0 Å². The summed E-state index contributed by atoms with van der Waals surface area (Å²) < 4.78 is 0. The maximum Gasteiger partial charge on any atom is 0.265 e. The van der Waals surface area contributed by atoms with Crippen LogP contribution in [0.2, 0.25) is 0 Å². The van der Waals surface area contributed by atoms with Crippen molar-refractivity contribution in [3.8, 4) is 0 Å². The number of nitrogens with one attached hydrogen (secondary N) is 1. The van der Waals surface area contributed by atoms with Crippen LogP contribution in [-0.2, 0) is 6.42 Å². The van der Waals surface area contributed by atoms with Gasteiger partial charge in [-0.15, -0.1) is 36.2 Å². The second-order valence-electron chi connectivity index (χ2n) is 6.32. The first-order chi connectivity index (χ1) is 10.2. The number of thiazole rings is 1. The highest BCUT2D eigenvalue weighted by atomic mass is 35.5. The monoisotopic (exact) mass is 379 g/mol. The van der Waals surface area contributed by atoms with Gasteiger partial charge in [-0.25, -0.2) is 4.98 Å². The number of nitrogens with zero attached hydrogens (tertiary/aromatic N) is 2. The number of carbonyl (C=O) groups excluding carboxylic acids is 1. The van der Waals surface area contributed by atoms with Crippen molar-refractivity contribution in [3.63, 3.8) is 0 Å². The average molecular weight is 380 g/mol. The van der Waals surface area contributed by atoms with Crippen molar-refractivity contribution in [1.82, 2.24) is 15.2 Å². The van der Waals surface area contributed by atoms with Gasteiger partial charge < -0.3 is 10.2 Å². The van der Waals surface area contributed by atoms with E-state index >= 15 is 0 Å². The van der Waals surface area contributed by atoms with Crippen LogP contribution in [0.4, 0.5) is 0 Å². The molecule has 1 amide bonds. The molecule has 2 aliphatic rings. The Morgan fingerprint density at radius 2 is 1.87 bits per heavy atom. The largest absolute Gasteiger partial charge is 0.338 e. The van der Waals surface area contributed by atoms with Crippen LogP contribution < -0.4 is 5.32 Å². The summed E-state index contributed by atoms with van der Waals surface area (Å²) in [6, 6.07) is 0. The fourth-order valence-corrected chi connectivity index (χ4v) is 4.67. The Labute approximate surface area is 155 Å². The Balaban J connectivity index is 0.00000132. The van der Waals surface area contributed by atoms with Gasteiger partial charge in [0.1, 0.15) is 4.88 Å². The van der Waals surface area contributed by atoms with Crippen molar-refractivity contribution >= 4 is 42.1 Å². The van der Waals surface area contributed by atoms with Gasteiger partial charge in [-0.3, -0.25) is 4.79 Å². The first-order valence-electron chi connectivity index (χ1n) is 8.15. The maximum absolute atomic E-state index is 12.8. The number of fused-ring (bicyclic) bond motifs is 1. The molecule has 0 aromatic carbocycles. The minimum atomic E-state index is 0. The van der Waals surface area contributed by atoms with E-state index in [0.29, 0.717) is 0 Å². The first-order valence-corrected chi connectivity index (χ1v) is 8.97. The van der Waals surface area contributed by atoms with E-state index in [1.807, 2.05) is 6.92 Å². The molecule has 0 saturated carbocycles. The lowest BCUT2D eigenvalue weighted by Crippen LogP contribution is -2.32. The molecule has 0 unspecified atom stereocenters. The lowest BCUT2D eigenvalue weighted by molar-refractivity contribution is 0.0762. The fraction of sp³-hybridized carbons (Fsp3) is 0.750. The van der Waals surface area contributed by atoms with E-state index in [1.54, 1.807) is 11.3 Å². The van der Waals surface area contributed by atoms with Crippen molar-refractivity contribution in [2.45, 2.75) is 39.5 Å². The SMILES string of the molecule is CCCc1nc(C)c(C(=O)N2CC[C@@H]3CNC[C@@H]3CC2)s1.Cl.Cl. The highest BCUT2D eigenvalue weighted by Gasteiger charge is 2.32. The van der Waals surface area contributed by atoms with Gasteiger partial charge in [-0.05, 0) is 57.5 Å². The van der Waals surface area contributed by atoms with Crippen LogP contribution in [0.5, 0.6) is 0 Å². The molecule has 2 fully saturated rings. The molecular weight excluding hydrogens is 353 g/mol. The topological polar surface area (TPSA) is 45.2 Å². The highest BCUT2D eigenvalue weighted by Crippen LogP contribution is 2.29. The molecule has 3 rings (SSSR count). The van der Waals surface area contributed by atoms with E-state index in [9.17, 15) is 4.79 Å². The third kappa shape index (κ3) is 4.59. The molecule has 2 saturated heterocycles. The molecule has 2 atom stereocenters. The van der Waals surface area contributed by atoms with Crippen LogP contribution >= 0.6 is 36.2 Å². The number of carbonyl (C=O) groups is 1. The quantitative estimate of drug-likeness (QED) is 0.875. The van der Waals surface area contributed by atoms with Crippen molar-refractivity contribution < 1.29 is 4.79 Å². The maximum atomic E-state index is 12.8. The van der Waals surface area contributed by atoms with Gasteiger partial charge in [0, 0.05) is 13.1 Å². The second kappa shape index (κ2) is 9.21. The lowest BCUT2D eigenvalue weighted by atomic mass is 9.92. The number of hydrogen-bond acceptors (Lipinski definition) is 4. The number of amides is 1. The number of halogens is 2. The number of rotatable bonds is 3. The van der Waals surface area contributed by atoms with E-state index in [-0.39, 0.29) is 30.7 Å². The first kappa shape index (κ1) is 20.7. The third-order valence-electron chi connectivity index (χ3n) is 4.81. The van der Waals surface area contributed by atoms with Crippen molar-refractivity contribution in [2.75, 3.05) is 26.2 Å². The molecule has 3 heterocycles. The minimum absolute atomic E-state index is 0. The molecule has 0 aliphatic carbocycles. The summed E-state index contributed by atoms with van der Waals surface area (Å²) in [6.45, 7) is 8.20. The smallest absolute Gasteiger partial charge is 0.265 e. The standard InChI is InChI=1S/C16H25N3OS.2ClH/c1-3-4-14-18-11(2)15(21-14)16(20)19-7-5-12-9-17-10-13(12)6-8-19;;/h12-13,17H,3-10H2,1-2H3;2*1H/t12-,13+;;. The van der Waals surface area contributed by atoms with E-state index < -0.39 is 0 Å². The number of aryl methyl sites for hydroxylation is 2. The van der Waals surface area contributed by atoms with Crippen molar-refractivity contribution in [3.05, 3.63) is 15.6 Å². The Kier molecular flexibility index (Phi) is 8.28. The molecule has 132 valence electrons. The summed E-state index contributed by atoms with van der Waals surface area (Å²) in [5.74, 6) is 1.74. The predicted octanol–water partition coefficient (Wildman–Crippen LogP) is 3.32. The normalized spacial score (nSPS) is 23.5. The molecule has 2 aliphatic heterocycles. The number of likely N-dealkylation sites (tertiary alicyclic amines) is 1. The molecule has 0 spiro atoms. The second-order valence-corrected chi connectivity index (χ2v) is 7.40.